The standard InChI is InChI=1S/C10H13F4N5O/c1-9(8-15-17-18-16-8)3-2-4-19(5-9)7(20)6(11)10(12,13)14/h6H,2-5H2,1H3,(H,15,16,17,18). The number of amides is 1. The Balaban J connectivity index is 2.13. The normalized spacial score (nSPS) is 25.6. The van der Waals surface area contributed by atoms with Crippen molar-refractivity contribution in [1.82, 2.24) is 25.5 Å². The summed E-state index contributed by atoms with van der Waals surface area (Å²) < 4.78 is 49.9. The molecule has 2 atom stereocenters. The lowest BCUT2D eigenvalue weighted by molar-refractivity contribution is -0.194. The van der Waals surface area contributed by atoms with Crippen LogP contribution in [-0.4, -0.2) is 56.9 Å². The Morgan fingerprint density at radius 2 is 2.20 bits per heavy atom. The number of H-pyrrole nitrogens is 1. The van der Waals surface area contributed by atoms with E-state index in [2.05, 4.69) is 20.6 Å². The summed E-state index contributed by atoms with van der Waals surface area (Å²) in [4.78, 5) is 12.4. The maximum absolute atomic E-state index is 13.1. The van der Waals surface area contributed by atoms with Crippen molar-refractivity contribution in [3.63, 3.8) is 0 Å². The number of aromatic nitrogens is 4. The predicted octanol–water partition coefficient (Wildman–Crippen LogP) is 0.980. The van der Waals surface area contributed by atoms with Gasteiger partial charge in [0.1, 0.15) is 0 Å². The summed E-state index contributed by atoms with van der Waals surface area (Å²) >= 11 is 0. The van der Waals surface area contributed by atoms with Gasteiger partial charge in [-0.2, -0.15) is 18.4 Å². The van der Waals surface area contributed by atoms with E-state index < -0.39 is 23.7 Å². The summed E-state index contributed by atoms with van der Waals surface area (Å²) in [5.41, 5.74) is -0.730. The molecule has 1 aromatic rings. The molecule has 0 aromatic carbocycles. The number of hydrogen-bond donors (Lipinski definition) is 1. The van der Waals surface area contributed by atoms with E-state index in [4.69, 9.17) is 0 Å². The Labute approximate surface area is 111 Å². The molecule has 0 radical (unpaired) electrons. The van der Waals surface area contributed by atoms with E-state index in [1.165, 1.54) is 0 Å². The second-order valence-corrected chi connectivity index (χ2v) is 5.06. The summed E-state index contributed by atoms with van der Waals surface area (Å²) in [6.45, 7) is 1.72. The van der Waals surface area contributed by atoms with Crippen LogP contribution in [0.25, 0.3) is 0 Å². The molecular weight excluding hydrogens is 282 g/mol. The van der Waals surface area contributed by atoms with Gasteiger partial charge in [-0.25, -0.2) is 4.39 Å². The molecule has 1 saturated heterocycles. The first-order valence-electron chi connectivity index (χ1n) is 5.97. The summed E-state index contributed by atoms with van der Waals surface area (Å²) in [5, 5.41) is 13.2. The highest BCUT2D eigenvalue weighted by Gasteiger charge is 2.49. The number of hydrogen-bond acceptors (Lipinski definition) is 4. The Morgan fingerprint density at radius 3 is 2.75 bits per heavy atom. The number of carbonyl (C=O) groups excluding carboxylic acids is 1. The third-order valence-electron chi connectivity index (χ3n) is 3.40. The second-order valence-electron chi connectivity index (χ2n) is 5.06. The monoisotopic (exact) mass is 295 g/mol. The number of rotatable bonds is 2. The van der Waals surface area contributed by atoms with E-state index in [1.54, 1.807) is 6.92 Å². The summed E-state index contributed by atoms with van der Waals surface area (Å²) in [7, 11) is 0. The third kappa shape index (κ3) is 2.73. The molecule has 2 rings (SSSR count). The van der Waals surface area contributed by atoms with Gasteiger partial charge in [-0.15, -0.1) is 10.2 Å². The lowest BCUT2D eigenvalue weighted by Gasteiger charge is -2.38. The quantitative estimate of drug-likeness (QED) is 0.825. The number of piperidine rings is 1. The molecule has 0 saturated carbocycles. The smallest absolute Gasteiger partial charge is 0.339 e. The van der Waals surface area contributed by atoms with Gasteiger partial charge in [0.2, 0.25) is 0 Å². The summed E-state index contributed by atoms with van der Waals surface area (Å²) in [6, 6.07) is 0. The molecule has 1 aliphatic rings. The van der Waals surface area contributed by atoms with E-state index in [1.807, 2.05) is 0 Å². The fourth-order valence-corrected chi connectivity index (χ4v) is 2.33. The Hall–Kier alpha value is -1.74. The fourth-order valence-electron chi connectivity index (χ4n) is 2.33. The van der Waals surface area contributed by atoms with Gasteiger partial charge in [0.15, 0.2) is 5.82 Å². The van der Waals surface area contributed by atoms with Crippen molar-refractivity contribution < 1.29 is 22.4 Å². The van der Waals surface area contributed by atoms with Crippen LogP contribution in [0, 0.1) is 0 Å². The molecule has 112 valence electrons. The van der Waals surface area contributed by atoms with Gasteiger partial charge in [-0.1, -0.05) is 12.1 Å². The van der Waals surface area contributed by atoms with E-state index in [-0.39, 0.29) is 13.1 Å². The molecule has 2 heterocycles. The Kier molecular flexibility index (Phi) is 3.65. The van der Waals surface area contributed by atoms with Crippen LogP contribution < -0.4 is 0 Å². The van der Waals surface area contributed by atoms with Crippen LogP contribution >= 0.6 is 0 Å². The minimum absolute atomic E-state index is 0.0676. The molecule has 20 heavy (non-hydrogen) atoms. The van der Waals surface area contributed by atoms with Crippen molar-refractivity contribution in [2.24, 2.45) is 0 Å². The van der Waals surface area contributed by atoms with Crippen LogP contribution in [0.15, 0.2) is 0 Å². The van der Waals surface area contributed by atoms with Crippen LogP contribution in [0.3, 0.4) is 0 Å². The number of halogens is 4. The first-order valence-corrected chi connectivity index (χ1v) is 5.97. The molecule has 1 N–H and O–H groups in total. The largest absolute Gasteiger partial charge is 0.428 e. The molecule has 1 amide bonds. The number of nitrogens with zero attached hydrogens (tertiary/aromatic N) is 4. The predicted molar refractivity (Wildman–Crippen MR) is 58.3 cm³/mol. The number of aromatic amines is 1. The van der Waals surface area contributed by atoms with Crippen LogP contribution in [0.5, 0.6) is 0 Å². The first kappa shape index (κ1) is 14.7. The fraction of sp³-hybridized carbons (Fsp3) is 0.800. The van der Waals surface area contributed by atoms with Gasteiger partial charge in [-0.05, 0) is 12.8 Å². The molecule has 10 heteroatoms. The lowest BCUT2D eigenvalue weighted by atomic mass is 9.81. The number of nitrogens with one attached hydrogen (secondary N) is 1. The second kappa shape index (κ2) is 4.98. The minimum Gasteiger partial charge on any atom is -0.339 e. The maximum atomic E-state index is 13.1. The zero-order valence-electron chi connectivity index (χ0n) is 10.6. The average molecular weight is 295 g/mol. The average Bonchev–Trinajstić information content (AvgIpc) is 2.90. The molecule has 0 aliphatic carbocycles. The molecule has 6 nitrogen and oxygen atoms in total. The Morgan fingerprint density at radius 1 is 1.50 bits per heavy atom. The van der Waals surface area contributed by atoms with Crippen molar-refractivity contribution in [2.75, 3.05) is 13.1 Å². The molecular formula is C10H13F4N5O. The lowest BCUT2D eigenvalue weighted by Crippen LogP contribution is -2.52. The number of tetrazole rings is 1. The number of likely N-dealkylation sites (tertiary alicyclic amines) is 1. The molecule has 1 aromatic heterocycles. The van der Waals surface area contributed by atoms with Crippen molar-refractivity contribution in [3.8, 4) is 0 Å². The van der Waals surface area contributed by atoms with Crippen molar-refractivity contribution in [3.05, 3.63) is 5.82 Å². The van der Waals surface area contributed by atoms with Gasteiger partial charge in [0.25, 0.3) is 12.1 Å². The van der Waals surface area contributed by atoms with Crippen LogP contribution in [0.2, 0.25) is 0 Å². The minimum atomic E-state index is -5.18. The first-order chi connectivity index (χ1) is 9.24. The summed E-state index contributed by atoms with van der Waals surface area (Å²) in [6.07, 6.45) is -7.65. The SMILES string of the molecule is CC1(c2nn[nH]n2)CCCN(C(=O)C(F)C(F)(F)F)C1. The van der Waals surface area contributed by atoms with Crippen molar-refractivity contribution in [1.29, 1.82) is 0 Å². The molecule has 1 aliphatic heterocycles. The van der Waals surface area contributed by atoms with Crippen LogP contribution in [0.4, 0.5) is 17.6 Å². The van der Waals surface area contributed by atoms with Gasteiger partial charge in [0.05, 0.1) is 0 Å². The van der Waals surface area contributed by atoms with Gasteiger partial charge in [-0.3, -0.25) is 4.79 Å². The highest BCUT2D eigenvalue weighted by Crippen LogP contribution is 2.33. The van der Waals surface area contributed by atoms with E-state index in [9.17, 15) is 22.4 Å². The number of alkyl halides is 4. The van der Waals surface area contributed by atoms with E-state index in [0.717, 1.165) is 4.90 Å². The van der Waals surface area contributed by atoms with Crippen molar-refractivity contribution in [2.45, 2.75) is 37.5 Å². The number of carbonyl (C=O) groups is 1. The Bertz CT molecular complexity index is 476. The third-order valence-corrected chi connectivity index (χ3v) is 3.40. The van der Waals surface area contributed by atoms with E-state index in [0.29, 0.717) is 18.7 Å². The van der Waals surface area contributed by atoms with Gasteiger partial charge in [0, 0.05) is 18.5 Å². The van der Waals surface area contributed by atoms with E-state index >= 15 is 0 Å². The molecule has 2 unspecified atom stereocenters. The highest BCUT2D eigenvalue weighted by molar-refractivity contribution is 5.81. The molecule has 1 fully saturated rings. The molecule has 0 bridgehead atoms. The van der Waals surface area contributed by atoms with Crippen molar-refractivity contribution >= 4 is 5.91 Å². The molecule has 0 spiro atoms. The highest BCUT2D eigenvalue weighted by atomic mass is 19.4. The van der Waals surface area contributed by atoms with Crippen LogP contribution in [0.1, 0.15) is 25.6 Å². The maximum Gasteiger partial charge on any atom is 0.428 e. The zero-order valence-corrected chi connectivity index (χ0v) is 10.6. The van der Waals surface area contributed by atoms with Gasteiger partial charge < -0.3 is 4.90 Å². The topological polar surface area (TPSA) is 74.8 Å². The summed E-state index contributed by atoms with van der Waals surface area (Å²) in [5.74, 6) is -1.26. The van der Waals surface area contributed by atoms with Gasteiger partial charge >= 0.3 is 6.18 Å². The van der Waals surface area contributed by atoms with Crippen LogP contribution in [-0.2, 0) is 10.2 Å². The zero-order chi connectivity index (χ0) is 15.0.